The highest BCUT2D eigenvalue weighted by atomic mass is 19.1. The van der Waals surface area contributed by atoms with E-state index in [1.807, 2.05) is 0 Å². The molecule has 1 aliphatic heterocycles. The lowest BCUT2D eigenvalue weighted by Gasteiger charge is -2.39. The summed E-state index contributed by atoms with van der Waals surface area (Å²) < 4.78 is 19.2. The summed E-state index contributed by atoms with van der Waals surface area (Å²) in [5, 5.41) is 0. The summed E-state index contributed by atoms with van der Waals surface area (Å²) in [6.45, 7) is 4.61. The van der Waals surface area contributed by atoms with Crippen LogP contribution in [0, 0.1) is 17.7 Å². The summed E-state index contributed by atoms with van der Waals surface area (Å²) in [6, 6.07) is 18.0. The highest BCUT2D eigenvalue weighted by Gasteiger charge is 2.44. The van der Waals surface area contributed by atoms with Gasteiger partial charge in [0.25, 0.3) is 0 Å². The van der Waals surface area contributed by atoms with Crippen LogP contribution in [0.5, 0.6) is 5.75 Å². The maximum Gasteiger partial charge on any atom is 0.123 e. The molecular weight excluding hydrogens is 351 g/mol. The van der Waals surface area contributed by atoms with Gasteiger partial charge in [0.1, 0.15) is 11.6 Å². The predicted molar refractivity (Wildman–Crippen MR) is 110 cm³/mol. The van der Waals surface area contributed by atoms with Crippen molar-refractivity contribution in [3.63, 3.8) is 0 Å². The SMILES string of the molecule is Fc1ccc(OC2CC3CC(N4CCN(c5ccccc5)CC4)CC3C2)cc1. The summed E-state index contributed by atoms with van der Waals surface area (Å²) in [5.41, 5.74) is 1.35. The zero-order valence-electron chi connectivity index (χ0n) is 16.3. The first-order chi connectivity index (χ1) is 13.7. The van der Waals surface area contributed by atoms with E-state index >= 15 is 0 Å². The van der Waals surface area contributed by atoms with Crippen LogP contribution in [-0.4, -0.2) is 43.2 Å². The van der Waals surface area contributed by atoms with E-state index in [0.29, 0.717) is 6.10 Å². The molecule has 2 atom stereocenters. The maximum absolute atomic E-state index is 13.1. The molecule has 148 valence electrons. The Bertz CT molecular complexity index is 759. The fourth-order valence-corrected chi connectivity index (χ4v) is 5.61. The molecular formula is C24H29FN2O. The van der Waals surface area contributed by atoms with Gasteiger partial charge in [-0.25, -0.2) is 4.39 Å². The van der Waals surface area contributed by atoms with Gasteiger partial charge in [-0.3, -0.25) is 4.90 Å². The number of hydrogen-bond acceptors (Lipinski definition) is 3. The first kappa shape index (κ1) is 18.0. The molecule has 2 saturated carbocycles. The van der Waals surface area contributed by atoms with E-state index in [4.69, 9.17) is 4.74 Å². The minimum atomic E-state index is -0.203. The number of benzene rings is 2. The van der Waals surface area contributed by atoms with Crippen molar-refractivity contribution in [2.75, 3.05) is 31.1 Å². The van der Waals surface area contributed by atoms with E-state index in [1.54, 1.807) is 12.1 Å². The van der Waals surface area contributed by atoms with E-state index in [0.717, 1.165) is 49.6 Å². The average molecular weight is 381 g/mol. The summed E-state index contributed by atoms with van der Waals surface area (Å²) >= 11 is 0. The van der Waals surface area contributed by atoms with E-state index in [-0.39, 0.29) is 5.82 Å². The van der Waals surface area contributed by atoms with Crippen LogP contribution in [0.4, 0.5) is 10.1 Å². The molecule has 0 aromatic heterocycles. The normalized spacial score (nSPS) is 30.4. The molecule has 3 fully saturated rings. The second-order valence-corrected chi connectivity index (χ2v) is 8.67. The Balaban J connectivity index is 1.11. The molecule has 0 radical (unpaired) electrons. The lowest BCUT2D eigenvalue weighted by atomic mass is 10.0. The Morgan fingerprint density at radius 2 is 1.39 bits per heavy atom. The van der Waals surface area contributed by atoms with Crippen molar-refractivity contribution >= 4 is 5.69 Å². The van der Waals surface area contributed by atoms with Gasteiger partial charge in [0.2, 0.25) is 0 Å². The van der Waals surface area contributed by atoms with Crippen LogP contribution in [0.3, 0.4) is 0 Å². The van der Waals surface area contributed by atoms with Gasteiger partial charge in [0.05, 0.1) is 6.10 Å². The number of nitrogens with zero attached hydrogens (tertiary/aromatic N) is 2. The Kier molecular flexibility index (Phi) is 4.98. The van der Waals surface area contributed by atoms with Crippen molar-refractivity contribution in [2.24, 2.45) is 11.8 Å². The van der Waals surface area contributed by atoms with Crippen molar-refractivity contribution in [1.29, 1.82) is 0 Å². The fraction of sp³-hybridized carbons (Fsp3) is 0.500. The van der Waals surface area contributed by atoms with Crippen molar-refractivity contribution in [2.45, 2.75) is 37.8 Å². The van der Waals surface area contributed by atoms with E-state index in [1.165, 1.54) is 43.8 Å². The molecule has 1 heterocycles. The third kappa shape index (κ3) is 3.75. The number of para-hydroxylation sites is 1. The minimum Gasteiger partial charge on any atom is -0.490 e. The van der Waals surface area contributed by atoms with Gasteiger partial charge < -0.3 is 9.64 Å². The molecule has 0 N–H and O–H groups in total. The molecule has 0 amide bonds. The van der Waals surface area contributed by atoms with Crippen LogP contribution in [0.1, 0.15) is 25.7 Å². The Hall–Kier alpha value is -2.07. The fourth-order valence-electron chi connectivity index (χ4n) is 5.61. The van der Waals surface area contributed by atoms with Gasteiger partial charge in [-0.2, -0.15) is 0 Å². The second-order valence-electron chi connectivity index (χ2n) is 8.67. The quantitative estimate of drug-likeness (QED) is 0.772. The Morgan fingerprint density at radius 1 is 0.750 bits per heavy atom. The minimum absolute atomic E-state index is 0.203. The Morgan fingerprint density at radius 3 is 2.04 bits per heavy atom. The van der Waals surface area contributed by atoms with Crippen molar-refractivity contribution < 1.29 is 9.13 Å². The summed E-state index contributed by atoms with van der Waals surface area (Å²) in [5.74, 6) is 2.19. The number of ether oxygens (including phenoxy) is 1. The molecule has 3 nitrogen and oxygen atoms in total. The lowest BCUT2D eigenvalue weighted by Crippen LogP contribution is -2.50. The predicted octanol–water partition coefficient (Wildman–Crippen LogP) is 4.58. The molecule has 5 rings (SSSR count). The van der Waals surface area contributed by atoms with Gasteiger partial charge >= 0.3 is 0 Å². The largest absolute Gasteiger partial charge is 0.490 e. The monoisotopic (exact) mass is 380 g/mol. The number of hydrogen-bond donors (Lipinski definition) is 0. The lowest BCUT2D eigenvalue weighted by molar-refractivity contribution is 0.159. The molecule has 3 aliphatic rings. The molecule has 0 bridgehead atoms. The Labute approximate surface area is 167 Å². The highest BCUT2D eigenvalue weighted by molar-refractivity contribution is 5.46. The highest BCUT2D eigenvalue weighted by Crippen LogP contribution is 2.46. The smallest absolute Gasteiger partial charge is 0.123 e. The number of anilines is 1. The zero-order chi connectivity index (χ0) is 18.9. The molecule has 0 spiro atoms. The third-order valence-electron chi connectivity index (χ3n) is 7.02. The van der Waals surface area contributed by atoms with Crippen LogP contribution in [0.15, 0.2) is 54.6 Å². The van der Waals surface area contributed by atoms with Gasteiger partial charge in [-0.05, 0) is 73.9 Å². The molecule has 2 unspecified atom stereocenters. The summed E-state index contributed by atoms with van der Waals surface area (Å²) in [7, 11) is 0. The number of fused-ring (bicyclic) bond motifs is 1. The van der Waals surface area contributed by atoms with Crippen LogP contribution in [-0.2, 0) is 0 Å². The molecule has 4 heteroatoms. The molecule has 2 aliphatic carbocycles. The first-order valence-corrected chi connectivity index (χ1v) is 10.7. The zero-order valence-corrected chi connectivity index (χ0v) is 16.3. The number of rotatable bonds is 4. The van der Waals surface area contributed by atoms with Crippen molar-refractivity contribution in [1.82, 2.24) is 4.90 Å². The van der Waals surface area contributed by atoms with Gasteiger partial charge in [0, 0.05) is 37.9 Å². The summed E-state index contributed by atoms with van der Waals surface area (Å²) in [4.78, 5) is 5.24. The van der Waals surface area contributed by atoms with Crippen molar-refractivity contribution in [3.05, 3.63) is 60.4 Å². The number of halogens is 1. The third-order valence-corrected chi connectivity index (χ3v) is 7.02. The van der Waals surface area contributed by atoms with Crippen LogP contribution in [0.2, 0.25) is 0 Å². The molecule has 2 aromatic rings. The van der Waals surface area contributed by atoms with Crippen LogP contribution in [0.25, 0.3) is 0 Å². The average Bonchev–Trinajstić information content (AvgIpc) is 3.29. The first-order valence-electron chi connectivity index (χ1n) is 10.7. The van der Waals surface area contributed by atoms with Crippen molar-refractivity contribution in [3.8, 4) is 5.75 Å². The molecule has 2 aromatic carbocycles. The number of piperazine rings is 1. The second kappa shape index (κ2) is 7.75. The van der Waals surface area contributed by atoms with E-state index in [2.05, 4.69) is 40.1 Å². The summed E-state index contributed by atoms with van der Waals surface area (Å²) in [6.07, 6.45) is 5.25. The van der Waals surface area contributed by atoms with Gasteiger partial charge in [-0.15, -0.1) is 0 Å². The topological polar surface area (TPSA) is 15.7 Å². The van der Waals surface area contributed by atoms with Gasteiger partial charge in [0.15, 0.2) is 0 Å². The van der Waals surface area contributed by atoms with Crippen LogP contribution < -0.4 is 9.64 Å². The molecule has 1 saturated heterocycles. The van der Waals surface area contributed by atoms with Crippen LogP contribution >= 0.6 is 0 Å². The van der Waals surface area contributed by atoms with Gasteiger partial charge in [-0.1, -0.05) is 18.2 Å². The standard InChI is InChI=1S/C24H29FN2O/c25-20-6-8-23(9-7-20)28-24-16-18-14-22(15-19(18)17-24)27-12-10-26(11-13-27)21-4-2-1-3-5-21/h1-9,18-19,22,24H,10-17H2. The van der Waals surface area contributed by atoms with E-state index in [9.17, 15) is 4.39 Å². The van der Waals surface area contributed by atoms with E-state index < -0.39 is 0 Å². The molecule has 28 heavy (non-hydrogen) atoms. The maximum atomic E-state index is 13.1.